The number of aliphatic hydroxyl groups is 1. The molecule has 4 rings (SSSR count). The van der Waals surface area contributed by atoms with Crippen LogP contribution in [-0.2, 0) is 4.79 Å². The maximum Gasteiger partial charge on any atom is 0.348 e. The van der Waals surface area contributed by atoms with Gasteiger partial charge in [0.15, 0.2) is 5.78 Å². The van der Waals surface area contributed by atoms with Gasteiger partial charge in [-0.15, -0.1) is 22.7 Å². The summed E-state index contributed by atoms with van der Waals surface area (Å²) < 4.78 is 0.565. The third-order valence-electron chi connectivity index (χ3n) is 7.67. The van der Waals surface area contributed by atoms with Gasteiger partial charge in [-0.1, -0.05) is 36.1 Å². The average molecular weight is 656 g/mol. The van der Waals surface area contributed by atoms with Crippen molar-refractivity contribution in [1.29, 1.82) is 0 Å². The van der Waals surface area contributed by atoms with Crippen molar-refractivity contribution in [1.82, 2.24) is 0 Å². The number of hydrogen-bond acceptors (Lipinski definition) is 6. The zero-order chi connectivity index (χ0) is 26.9. The minimum absolute atomic E-state index is 0.0112. The SMILES string of the molecule is C=C(C)C(=O)c1ccc(-c2cc(N(C(=O)C3CCC(C(C)I)CC3)C3CCC(O)CC3)c(C(=O)O)s2)s1. The van der Waals surface area contributed by atoms with E-state index in [4.69, 9.17) is 0 Å². The number of carboxylic acids is 1. The number of aromatic carboxylic acids is 1. The van der Waals surface area contributed by atoms with E-state index in [0.29, 0.717) is 51.7 Å². The van der Waals surface area contributed by atoms with Crippen LogP contribution in [0, 0.1) is 11.8 Å². The summed E-state index contributed by atoms with van der Waals surface area (Å²) >= 11 is 4.93. The number of carboxylic acid groups (broad SMARTS) is 1. The normalized spacial score (nSPS) is 24.9. The summed E-state index contributed by atoms with van der Waals surface area (Å²) in [5.74, 6) is -0.681. The maximum atomic E-state index is 14.1. The Morgan fingerprint density at radius 3 is 2.24 bits per heavy atom. The van der Waals surface area contributed by atoms with Crippen molar-refractivity contribution in [3.05, 3.63) is 40.1 Å². The molecule has 1 amide bonds. The van der Waals surface area contributed by atoms with Gasteiger partial charge in [-0.05, 0) is 88.0 Å². The molecule has 2 saturated carbocycles. The fourth-order valence-corrected chi connectivity index (χ4v) is 8.28. The lowest BCUT2D eigenvalue weighted by Gasteiger charge is -2.39. The lowest BCUT2D eigenvalue weighted by Crippen LogP contribution is -2.47. The van der Waals surface area contributed by atoms with E-state index >= 15 is 0 Å². The highest BCUT2D eigenvalue weighted by Crippen LogP contribution is 2.44. The summed E-state index contributed by atoms with van der Waals surface area (Å²) in [6.07, 6.45) is 5.77. The van der Waals surface area contributed by atoms with Crippen LogP contribution in [0.3, 0.4) is 0 Å². The Balaban J connectivity index is 1.70. The van der Waals surface area contributed by atoms with Crippen molar-refractivity contribution < 1.29 is 24.6 Å². The number of halogens is 1. The third-order valence-corrected chi connectivity index (χ3v) is 11.1. The summed E-state index contributed by atoms with van der Waals surface area (Å²) in [7, 11) is 0. The minimum Gasteiger partial charge on any atom is -0.477 e. The average Bonchev–Trinajstić information content (AvgIpc) is 3.53. The topological polar surface area (TPSA) is 94.9 Å². The van der Waals surface area contributed by atoms with Crippen LogP contribution in [-0.4, -0.2) is 43.9 Å². The molecule has 0 bridgehead atoms. The number of Topliss-reactive ketones (excluding diaryl/α,β-unsaturated/α-hetero) is 1. The molecule has 6 nitrogen and oxygen atoms in total. The van der Waals surface area contributed by atoms with Gasteiger partial charge < -0.3 is 15.1 Å². The maximum absolute atomic E-state index is 14.1. The monoisotopic (exact) mass is 655 g/mol. The molecular weight excluding hydrogens is 621 g/mol. The molecule has 2 N–H and O–H groups in total. The third kappa shape index (κ3) is 6.37. The van der Waals surface area contributed by atoms with Gasteiger partial charge in [-0.3, -0.25) is 9.59 Å². The van der Waals surface area contributed by atoms with Gasteiger partial charge in [0.25, 0.3) is 0 Å². The van der Waals surface area contributed by atoms with Crippen molar-refractivity contribution in [2.75, 3.05) is 4.90 Å². The van der Waals surface area contributed by atoms with Gasteiger partial charge in [0, 0.05) is 25.6 Å². The highest BCUT2D eigenvalue weighted by Gasteiger charge is 2.38. The first-order valence-electron chi connectivity index (χ1n) is 12.9. The predicted molar refractivity (Wildman–Crippen MR) is 158 cm³/mol. The number of allylic oxidation sites excluding steroid dienone is 1. The van der Waals surface area contributed by atoms with Crippen LogP contribution in [0.25, 0.3) is 9.75 Å². The Labute approximate surface area is 239 Å². The molecule has 0 aromatic carbocycles. The first-order chi connectivity index (χ1) is 17.6. The lowest BCUT2D eigenvalue weighted by atomic mass is 9.79. The van der Waals surface area contributed by atoms with Crippen molar-refractivity contribution in [2.24, 2.45) is 11.8 Å². The number of carbonyl (C=O) groups excluding carboxylic acids is 2. The van der Waals surface area contributed by atoms with Crippen molar-refractivity contribution in [3.8, 4) is 9.75 Å². The highest BCUT2D eigenvalue weighted by molar-refractivity contribution is 14.1. The van der Waals surface area contributed by atoms with Gasteiger partial charge in [0.05, 0.1) is 16.7 Å². The van der Waals surface area contributed by atoms with Crippen LogP contribution in [0.2, 0.25) is 0 Å². The molecule has 1 atom stereocenters. The van der Waals surface area contributed by atoms with Crippen LogP contribution in [0.5, 0.6) is 0 Å². The second-order valence-corrected chi connectivity index (χ2v) is 14.5. The molecule has 37 heavy (non-hydrogen) atoms. The van der Waals surface area contributed by atoms with E-state index in [2.05, 4.69) is 36.1 Å². The molecule has 0 spiro atoms. The van der Waals surface area contributed by atoms with Crippen LogP contribution in [0.1, 0.15) is 84.6 Å². The van der Waals surface area contributed by atoms with Crippen molar-refractivity contribution in [2.45, 2.75) is 81.3 Å². The summed E-state index contributed by atoms with van der Waals surface area (Å²) in [6.45, 7) is 7.63. The summed E-state index contributed by atoms with van der Waals surface area (Å²) in [4.78, 5) is 42.8. The number of carbonyl (C=O) groups is 3. The Morgan fingerprint density at radius 1 is 1.03 bits per heavy atom. The second-order valence-electron chi connectivity index (χ2n) is 10.4. The fraction of sp³-hybridized carbons (Fsp3) is 0.536. The Hall–Kier alpha value is -1.56. The fourth-order valence-electron chi connectivity index (χ4n) is 5.47. The van der Waals surface area contributed by atoms with Gasteiger partial charge in [-0.25, -0.2) is 4.79 Å². The molecule has 0 aliphatic heterocycles. The number of ketones is 1. The first-order valence-corrected chi connectivity index (χ1v) is 15.8. The smallest absolute Gasteiger partial charge is 0.348 e. The van der Waals surface area contributed by atoms with Crippen LogP contribution in [0.4, 0.5) is 5.69 Å². The number of amides is 1. The standard InChI is InChI=1S/C28H34INO5S2/c1-15(2)25(32)23-13-12-22(36-23)24-14-21(26(37-24)28(34)35)30(19-8-10-20(31)11-9-19)27(33)18-6-4-17(5-7-18)16(3)29/h12-14,16-20,31H,1,4-11H2,2-3H3,(H,34,35). The molecule has 1 unspecified atom stereocenters. The molecule has 9 heteroatoms. The van der Waals surface area contributed by atoms with Crippen molar-refractivity contribution >= 4 is 68.6 Å². The molecule has 0 saturated heterocycles. The molecule has 2 aromatic rings. The largest absolute Gasteiger partial charge is 0.477 e. The van der Waals surface area contributed by atoms with Gasteiger partial charge in [0.1, 0.15) is 4.88 Å². The number of rotatable bonds is 8. The van der Waals surface area contributed by atoms with Crippen LogP contribution < -0.4 is 4.90 Å². The van der Waals surface area contributed by atoms with Crippen LogP contribution in [0.15, 0.2) is 30.4 Å². The first kappa shape index (κ1) is 28.4. The molecule has 2 aliphatic carbocycles. The van der Waals surface area contributed by atoms with E-state index in [0.717, 1.165) is 46.8 Å². The molecule has 200 valence electrons. The minimum atomic E-state index is -1.06. The lowest BCUT2D eigenvalue weighted by molar-refractivity contribution is -0.124. The number of anilines is 1. The predicted octanol–water partition coefficient (Wildman–Crippen LogP) is 7.20. The van der Waals surface area contributed by atoms with Gasteiger partial charge >= 0.3 is 5.97 Å². The molecular formula is C28H34INO5S2. The summed E-state index contributed by atoms with van der Waals surface area (Å²) in [6, 6.07) is 5.25. The number of thiophene rings is 2. The van der Waals surface area contributed by atoms with Crippen LogP contribution >= 0.6 is 45.3 Å². The molecule has 2 heterocycles. The molecule has 0 radical (unpaired) electrons. The highest BCUT2D eigenvalue weighted by atomic mass is 127. The zero-order valence-corrected chi connectivity index (χ0v) is 25.0. The Kier molecular flexibility index (Phi) is 9.30. The number of aliphatic hydroxyl groups excluding tert-OH is 1. The Morgan fingerprint density at radius 2 is 1.68 bits per heavy atom. The van der Waals surface area contributed by atoms with Gasteiger partial charge in [-0.2, -0.15) is 0 Å². The number of alkyl halides is 1. The van der Waals surface area contributed by atoms with Gasteiger partial charge in [0.2, 0.25) is 5.91 Å². The zero-order valence-electron chi connectivity index (χ0n) is 21.2. The molecule has 2 aromatic heterocycles. The van der Waals surface area contributed by atoms with E-state index in [1.54, 1.807) is 17.9 Å². The second kappa shape index (κ2) is 12.1. The summed E-state index contributed by atoms with van der Waals surface area (Å²) in [5, 5.41) is 20.2. The number of hydrogen-bond donors (Lipinski definition) is 2. The van der Waals surface area contributed by atoms with Crippen molar-refractivity contribution in [3.63, 3.8) is 0 Å². The van der Waals surface area contributed by atoms with E-state index in [-0.39, 0.29) is 34.6 Å². The van der Waals surface area contributed by atoms with E-state index in [1.807, 2.05) is 12.1 Å². The van der Waals surface area contributed by atoms with E-state index in [9.17, 15) is 24.6 Å². The van der Waals surface area contributed by atoms with E-state index < -0.39 is 5.97 Å². The molecule has 2 aliphatic rings. The van der Waals surface area contributed by atoms with E-state index in [1.165, 1.54) is 11.3 Å². The summed E-state index contributed by atoms with van der Waals surface area (Å²) in [5.41, 5.74) is 0.902. The number of nitrogens with zero attached hydrogens (tertiary/aromatic N) is 1. The molecule has 2 fully saturated rings. The Bertz CT molecular complexity index is 1170. The quantitative estimate of drug-likeness (QED) is 0.136.